The van der Waals surface area contributed by atoms with Crippen LogP contribution in [0.4, 0.5) is 27.1 Å². The van der Waals surface area contributed by atoms with Crippen LogP contribution in [0.3, 0.4) is 0 Å². The molecule has 3 heterocycles. The van der Waals surface area contributed by atoms with Crippen LogP contribution in [-0.4, -0.2) is 9.55 Å². The Morgan fingerprint density at radius 2 is 1.30 bits per heavy atom. The van der Waals surface area contributed by atoms with Gasteiger partial charge in [0.15, 0.2) is 0 Å². The van der Waals surface area contributed by atoms with Crippen molar-refractivity contribution >= 4 is 44.6 Å². The Morgan fingerprint density at radius 1 is 0.607 bits per heavy atom. The summed E-state index contributed by atoms with van der Waals surface area (Å²) >= 11 is 0. The predicted molar refractivity (Wildman–Crippen MR) is 246 cm³/mol. The summed E-state index contributed by atoms with van der Waals surface area (Å²) in [6.07, 6.45) is 1.89. The van der Waals surface area contributed by atoms with Gasteiger partial charge in [0.1, 0.15) is 11.6 Å². The van der Waals surface area contributed by atoms with E-state index in [1.165, 1.54) is 22.8 Å². The second-order valence-corrected chi connectivity index (χ2v) is 18.9. The van der Waals surface area contributed by atoms with Crippen LogP contribution in [0.5, 0.6) is 11.5 Å². The summed E-state index contributed by atoms with van der Waals surface area (Å²) in [6.45, 7) is 22.3. The van der Waals surface area contributed by atoms with Crippen LogP contribution in [-0.2, 0) is 37.3 Å². The second-order valence-electron chi connectivity index (χ2n) is 18.9. The number of hydrogen-bond acceptors (Lipinski definition) is 4. The molecule has 7 heteroatoms. The number of benzene rings is 6. The number of nitrogens with zero attached hydrogens (tertiary/aromatic N) is 4. The topological polar surface area (TPSA) is 33.5 Å². The van der Waals surface area contributed by atoms with E-state index in [1.54, 1.807) is 12.1 Å². The summed E-state index contributed by atoms with van der Waals surface area (Å²) in [4.78, 5) is 9.22. The maximum Gasteiger partial charge on any atom is 0.135 e. The van der Waals surface area contributed by atoms with E-state index in [9.17, 15) is 4.39 Å². The van der Waals surface area contributed by atoms with Crippen LogP contribution < -0.4 is 14.5 Å². The summed E-state index contributed by atoms with van der Waals surface area (Å²) in [5.41, 5.74) is 10.9. The van der Waals surface area contributed by atoms with E-state index in [1.807, 2.05) is 42.6 Å². The zero-order valence-electron chi connectivity index (χ0n) is 36.2. The molecule has 2 aromatic heterocycles. The first kappa shape index (κ1) is 42.0. The molecule has 0 N–H and O–H groups in total. The van der Waals surface area contributed by atoms with Crippen molar-refractivity contribution in [3.63, 3.8) is 0 Å². The smallest absolute Gasteiger partial charge is 0.135 e. The van der Waals surface area contributed by atoms with Crippen molar-refractivity contribution in [1.29, 1.82) is 0 Å². The van der Waals surface area contributed by atoms with E-state index >= 15 is 0 Å². The molecule has 0 radical (unpaired) electrons. The first-order valence-corrected chi connectivity index (χ1v) is 20.6. The minimum atomic E-state index is -0.275. The number of anilines is 4. The zero-order valence-corrected chi connectivity index (χ0v) is 38.4. The Balaban J connectivity index is 0.00000514. The van der Waals surface area contributed by atoms with Gasteiger partial charge in [-0.2, -0.15) is 12.1 Å². The minimum absolute atomic E-state index is 0. The molecular weight excluding hydrogens is 935 g/mol. The molecule has 1 aliphatic rings. The molecule has 0 spiro atoms. The summed E-state index contributed by atoms with van der Waals surface area (Å²) in [6, 6.07) is 49.8. The monoisotopic (exact) mass is 984 g/mol. The van der Waals surface area contributed by atoms with Gasteiger partial charge in [-0.25, -0.2) is 9.37 Å². The van der Waals surface area contributed by atoms with E-state index < -0.39 is 0 Å². The molecule has 0 atom stereocenters. The largest absolute Gasteiger partial charge is 0.509 e. The first-order valence-electron chi connectivity index (χ1n) is 20.6. The van der Waals surface area contributed by atoms with Crippen LogP contribution in [0, 0.1) is 24.6 Å². The molecule has 6 aromatic carbocycles. The third-order valence-corrected chi connectivity index (χ3v) is 11.4. The number of ether oxygens (including phenoxy) is 1. The number of hydrogen-bond donors (Lipinski definition) is 0. The number of rotatable bonds is 6. The van der Waals surface area contributed by atoms with Gasteiger partial charge < -0.3 is 19.1 Å². The van der Waals surface area contributed by atoms with Crippen molar-refractivity contribution in [3.8, 4) is 28.4 Å². The maximum absolute atomic E-state index is 14.8. The van der Waals surface area contributed by atoms with Crippen molar-refractivity contribution in [3.05, 3.63) is 175 Å². The molecule has 8 aromatic rings. The van der Waals surface area contributed by atoms with E-state index in [2.05, 4.69) is 168 Å². The Kier molecular flexibility index (Phi) is 10.8. The van der Waals surface area contributed by atoms with Gasteiger partial charge in [-0.1, -0.05) is 116 Å². The standard InChI is InChI=1S/C54H50FN4O.Pt/c1-52(2,3)36-25-26-56-50(31-36)59-47-21-11-10-19-45(47)46-24-23-43(33-49(46)59)60-42-18-13-17-40(32-42)57-34-58(41-29-37(53(4,5)6)28-38(30-41)54(7,8)9)51-44(20-14-22-48(51)57)35-15-12-16-39(55)27-35;/h10-31,34H,1-9H3;/q-3;. The third kappa shape index (κ3) is 7.99. The van der Waals surface area contributed by atoms with Crippen LogP contribution in [0.2, 0.25) is 0 Å². The van der Waals surface area contributed by atoms with Gasteiger partial charge >= 0.3 is 0 Å². The summed E-state index contributed by atoms with van der Waals surface area (Å²) in [5, 5.41) is 2.20. The molecule has 61 heavy (non-hydrogen) atoms. The van der Waals surface area contributed by atoms with Crippen molar-refractivity contribution in [2.75, 3.05) is 9.80 Å². The number of para-hydroxylation sites is 2. The van der Waals surface area contributed by atoms with Gasteiger partial charge in [-0.3, -0.25) is 0 Å². The average Bonchev–Trinajstić information content (AvgIpc) is 3.76. The zero-order chi connectivity index (χ0) is 42.1. The van der Waals surface area contributed by atoms with Crippen LogP contribution in [0.1, 0.15) is 79.0 Å². The van der Waals surface area contributed by atoms with E-state index in [0.717, 1.165) is 61.5 Å². The Hall–Kier alpha value is -5.71. The fraction of sp³-hybridized carbons (Fsp3) is 0.222. The molecule has 0 bridgehead atoms. The van der Waals surface area contributed by atoms with Gasteiger partial charge in [-0.05, 0) is 92.4 Å². The van der Waals surface area contributed by atoms with Crippen LogP contribution >= 0.6 is 0 Å². The van der Waals surface area contributed by atoms with Crippen molar-refractivity contribution in [1.82, 2.24) is 9.55 Å². The summed E-state index contributed by atoms with van der Waals surface area (Å²) < 4.78 is 23.6. The molecule has 312 valence electrons. The van der Waals surface area contributed by atoms with Crippen LogP contribution in [0.15, 0.2) is 134 Å². The van der Waals surface area contributed by atoms with Crippen molar-refractivity contribution in [2.24, 2.45) is 0 Å². The molecule has 9 rings (SSSR count). The van der Waals surface area contributed by atoms with Crippen LogP contribution in [0.25, 0.3) is 38.8 Å². The first-order chi connectivity index (χ1) is 28.5. The second kappa shape index (κ2) is 15.6. The van der Waals surface area contributed by atoms with Gasteiger partial charge in [0, 0.05) is 66.9 Å². The SMILES string of the molecule is CC(C)(C)c1cc(N2[CH-]N(c3[c-]c(Oc4[c-]c5c(cc4)c4ccccc4n5-c4cc(C(C)(C)C)ccn4)ccc3)c3cccc(-c4cccc(F)c4)c32)cc(C(C)(C)C)c1.[Pt]. The molecule has 0 aliphatic carbocycles. The van der Waals surface area contributed by atoms with Crippen molar-refractivity contribution < 1.29 is 30.2 Å². The average molecular weight is 985 g/mol. The molecule has 0 fully saturated rings. The molecule has 5 nitrogen and oxygen atoms in total. The molecule has 0 unspecified atom stereocenters. The molecule has 0 saturated carbocycles. The molecular formula is C54H50FN4OPt-3. The van der Waals surface area contributed by atoms with Gasteiger partial charge in [0.2, 0.25) is 0 Å². The van der Waals surface area contributed by atoms with Gasteiger partial charge in [0.05, 0.1) is 0 Å². The maximum atomic E-state index is 14.8. The summed E-state index contributed by atoms with van der Waals surface area (Å²) in [7, 11) is 0. The Bertz CT molecular complexity index is 2900. The van der Waals surface area contributed by atoms with Gasteiger partial charge in [0.25, 0.3) is 0 Å². The molecule has 0 amide bonds. The number of halogens is 1. The molecule has 0 saturated heterocycles. The third-order valence-electron chi connectivity index (χ3n) is 11.4. The van der Waals surface area contributed by atoms with E-state index in [-0.39, 0.29) is 43.1 Å². The van der Waals surface area contributed by atoms with E-state index in [0.29, 0.717) is 11.5 Å². The number of aromatic nitrogens is 2. The number of pyridine rings is 1. The summed E-state index contributed by atoms with van der Waals surface area (Å²) in [5.74, 6) is 1.69. The molecule has 1 aliphatic heterocycles. The van der Waals surface area contributed by atoms with Crippen molar-refractivity contribution in [2.45, 2.75) is 78.6 Å². The number of fused-ring (bicyclic) bond motifs is 4. The Morgan fingerprint density at radius 3 is 2.02 bits per heavy atom. The van der Waals surface area contributed by atoms with Gasteiger partial charge in [-0.15, -0.1) is 48.1 Å². The fourth-order valence-electron chi connectivity index (χ4n) is 8.04. The predicted octanol–water partition coefficient (Wildman–Crippen LogP) is 14.7. The fourth-order valence-corrected chi connectivity index (χ4v) is 8.04. The quantitative estimate of drug-likeness (QED) is 0.156. The normalized spacial score (nSPS) is 13.1. The van der Waals surface area contributed by atoms with E-state index in [4.69, 9.17) is 9.72 Å². The minimum Gasteiger partial charge on any atom is -0.509 e. The Labute approximate surface area is 374 Å².